The second-order valence-corrected chi connectivity index (χ2v) is 7.20. The standard InChI is InChI=1S/C17H20F3NO2/c1-16(2)12-8-21(9-13(12)16)15(23)14(22)7-10-4-3-5-11(6-10)17(18,19)20/h3-6,12-14,22H,7-9H2,1-2H3/t12-,13-,14+/m1/s1. The Kier molecular flexibility index (Phi) is 3.71. The number of amides is 1. The fourth-order valence-electron chi connectivity index (χ4n) is 3.71. The number of halogens is 3. The van der Waals surface area contributed by atoms with Crippen LogP contribution in [0.2, 0.25) is 0 Å². The first-order chi connectivity index (χ1) is 10.6. The van der Waals surface area contributed by atoms with Crippen molar-refractivity contribution in [2.75, 3.05) is 13.1 Å². The molecule has 1 saturated carbocycles. The van der Waals surface area contributed by atoms with Crippen LogP contribution >= 0.6 is 0 Å². The van der Waals surface area contributed by atoms with E-state index in [1.165, 1.54) is 12.1 Å². The maximum atomic E-state index is 12.7. The van der Waals surface area contributed by atoms with E-state index in [9.17, 15) is 23.1 Å². The van der Waals surface area contributed by atoms with Crippen LogP contribution in [0.25, 0.3) is 0 Å². The van der Waals surface area contributed by atoms with Gasteiger partial charge in [-0.05, 0) is 28.9 Å². The summed E-state index contributed by atoms with van der Waals surface area (Å²) in [5.74, 6) is 0.574. The summed E-state index contributed by atoms with van der Waals surface area (Å²) in [5, 5.41) is 10.1. The average molecular weight is 327 g/mol. The molecule has 0 aromatic heterocycles. The summed E-state index contributed by atoms with van der Waals surface area (Å²) in [6.45, 7) is 5.61. The van der Waals surface area contributed by atoms with Crippen molar-refractivity contribution < 1.29 is 23.1 Å². The van der Waals surface area contributed by atoms with Crippen LogP contribution in [-0.2, 0) is 17.4 Å². The van der Waals surface area contributed by atoms with Gasteiger partial charge < -0.3 is 10.0 Å². The monoisotopic (exact) mass is 327 g/mol. The molecule has 1 saturated heterocycles. The fraction of sp³-hybridized carbons (Fsp3) is 0.588. The van der Waals surface area contributed by atoms with Gasteiger partial charge in [-0.1, -0.05) is 32.0 Å². The van der Waals surface area contributed by atoms with Crippen molar-refractivity contribution in [1.29, 1.82) is 0 Å². The lowest BCUT2D eigenvalue weighted by atomic mass is 10.0. The minimum Gasteiger partial charge on any atom is -0.383 e. The molecule has 1 aromatic rings. The lowest BCUT2D eigenvalue weighted by Crippen LogP contribution is -2.41. The molecule has 2 aliphatic rings. The van der Waals surface area contributed by atoms with Crippen molar-refractivity contribution in [3.63, 3.8) is 0 Å². The van der Waals surface area contributed by atoms with Gasteiger partial charge in [-0.15, -0.1) is 0 Å². The van der Waals surface area contributed by atoms with E-state index >= 15 is 0 Å². The molecule has 2 fully saturated rings. The summed E-state index contributed by atoms with van der Waals surface area (Å²) < 4.78 is 38.1. The number of likely N-dealkylation sites (tertiary alicyclic amines) is 1. The van der Waals surface area contributed by atoms with Crippen LogP contribution in [0, 0.1) is 17.3 Å². The van der Waals surface area contributed by atoms with Gasteiger partial charge in [0, 0.05) is 19.5 Å². The number of carbonyl (C=O) groups excluding carboxylic acids is 1. The average Bonchev–Trinajstić information content (AvgIpc) is 2.84. The van der Waals surface area contributed by atoms with Gasteiger partial charge in [-0.25, -0.2) is 0 Å². The number of piperidine rings is 1. The predicted molar refractivity (Wildman–Crippen MR) is 78.5 cm³/mol. The summed E-state index contributed by atoms with van der Waals surface area (Å²) in [7, 11) is 0. The molecule has 1 aliphatic heterocycles. The number of aliphatic hydroxyl groups is 1. The van der Waals surface area contributed by atoms with Gasteiger partial charge in [-0.2, -0.15) is 13.2 Å². The number of aliphatic hydroxyl groups excluding tert-OH is 1. The Morgan fingerprint density at radius 1 is 1.35 bits per heavy atom. The fourth-order valence-corrected chi connectivity index (χ4v) is 3.71. The molecular weight excluding hydrogens is 307 g/mol. The number of hydrogen-bond donors (Lipinski definition) is 1. The van der Waals surface area contributed by atoms with E-state index in [4.69, 9.17) is 0 Å². The Morgan fingerprint density at radius 3 is 2.52 bits per heavy atom. The maximum Gasteiger partial charge on any atom is 0.416 e. The lowest BCUT2D eigenvalue weighted by molar-refractivity contribution is -0.139. The molecule has 0 bridgehead atoms. The smallest absolute Gasteiger partial charge is 0.383 e. The maximum absolute atomic E-state index is 12.7. The molecule has 1 N–H and O–H groups in total. The SMILES string of the molecule is CC1(C)[C@@H]2CN(C(=O)[C@@H](O)Cc3cccc(C(F)(F)F)c3)C[C@H]21. The minimum atomic E-state index is -4.42. The van der Waals surface area contributed by atoms with Gasteiger partial charge in [0.1, 0.15) is 6.10 Å². The van der Waals surface area contributed by atoms with Crippen molar-refractivity contribution in [3.8, 4) is 0 Å². The third-order valence-electron chi connectivity index (χ3n) is 5.40. The van der Waals surface area contributed by atoms with E-state index in [-0.39, 0.29) is 17.7 Å². The van der Waals surface area contributed by atoms with E-state index < -0.39 is 17.8 Å². The van der Waals surface area contributed by atoms with Crippen LogP contribution < -0.4 is 0 Å². The Labute approximate surface area is 133 Å². The molecule has 0 spiro atoms. The largest absolute Gasteiger partial charge is 0.416 e. The van der Waals surface area contributed by atoms with E-state index in [0.29, 0.717) is 30.5 Å². The highest BCUT2D eigenvalue weighted by molar-refractivity contribution is 5.81. The number of rotatable bonds is 3. The highest BCUT2D eigenvalue weighted by Crippen LogP contribution is 2.61. The van der Waals surface area contributed by atoms with Gasteiger partial charge in [0.25, 0.3) is 5.91 Å². The molecule has 1 heterocycles. The first-order valence-electron chi connectivity index (χ1n) is 7.73. The Bertz CT molecular complexity index is 613. The van der Waals surface area contributed by atoms with E-state index in [2.05, 4.69) is 13.8 Å². The van der Waals surface area contributed by atoms with Crippen LogP contribution in [0.5, 0.6) is 0 Å². The predicted octanol–water partition coefficient (Wildman–Crippen LogP) is 2.72. The van der Waals surface area contributed by atoms with E-state index in [0.717, 1.165) is 12.1 Å². The summed E-state index contributed by atoms with van der Waals surface area (Å²) in [5.41, 5.74) is -0.188. The Balaban J connectivity index is 1.61. The van der Waals surface area contributed by atoms with Crippen LogP contribution in [0.1, 0.15) is 25.0 Å². The first kappa shape index (κ1) is 16.3. The minimum absolute atomic E-state index is 0.0992. The van der Waals surface area contributed by atoms with Crippen LogP contribution in [-0.4, -0.2) is 35.1 Å². The molecule has 126 valence electrons. The van der Waals surface area contributed by atoms with Crippen LogP contribution in [0.3, 0.4) is 0 Å². The van der Waals surface area contributed by atoms with Crippen LogP contribution in [0.15, 0.2) is 24.3 Å². The normalized spacial score (nSPS) is 26.8. The van der Waals surface area contributed by atoms with Gasteiger partial charge >= 0.3 is 6.18 Å². The second kappa shape index (κ2) is 5.23. The number of hydrogen-bond acceptors (Lipinski definition) is 2. The number of nitrogens with zero attached hydrogens (tertiary/aromatic N) is 1. The molecule has 3 rings (SSSR count). The lowest BCUT2D eigenvalue weighted by Gasteiger charge is -2.24. The van der Waals surface area contributed by atoms with Crippen molar-refractivity contribution in [1.82, 2.24) is 4.90 Å². The molecule has 1 aromatic carbocycles. The second-order valence-electron chi connectivity index (χ2n) is 7.20. The Morgan fingerprint density at radius 2 is 1.96 bits per heavy atom. The third-order valence-corrected chi connectivity index (χ3v) is 5.40. The van der Waals surface area contributed by atoms with E-state index in [1.807, 2.05) is 0 Å². The molecule has 6 heteroatoms. The summed E-state index contributed by atoms with van der Waals surface area (Å²) in [4.78, 5) is 13.9. The zero-order valence-corrected chi connectivity index (χ0v) is 13.1. The highest BCUT2D eigenvalue weighted by atomic mass is 19.4. The van der Waals surface area contributed by atoms with Crippen molar-refractivity contribution in [2.24, 2.45) is 17.3 Å². The van der Waals surface area contributed by atoms with Crippen molar-refractivity contribution in [2.45, 2.75) is 32.5 Å². The van der Waals surface area contributed by atoms with Gasteiger partial charge in [0.05, 0.1) is 5.56 Å². The Hall–Kier alpha value is -1.56. The molecule has 0 radical (unpaired) electrons. The molecule has 1 aliphatic carbocycles. The topological polar surface area (TPSA) is 40.5 Å². The van der Waals surface area contributed by atoms with Crippen LogP contribution in [0.4, 0.5) is 13.2 Å². The van der Waals surface area contributed by atoms with Crippen molar-refractivity contribution >= 4 is 5.91 Å². The molecule has 3 atom stereocenters. The summed E-state index contributed by atoms with van der Waals surface area (Å²) in [6.07, 6.45) is -5.82. The number of carbonyl (C=O) groups is 1. The van der Waals surface area contributed by atoms with Gasteiger partial charge in [0.15, 0.2) is 0 Å². The number of fused-ring (bicyclic) bond motifs is 1. The molecule has 1 amide bonds. The highest BCUT2D eigenvalue weighted by Gasteiger charge is 2.62. The van der Waals surface area contributed by atoms with E-state index in [1.54, 1.807) is 4.90 Å². The van der Waals surface area contributed by atoms with Gasteiger partial charge in [0.2, 0.25) is 0 Å². The number of alkyl halides is 3. The summed E-state index contributed by atoms with van der Waals surface area (Å²) >= 11 is 0. The third kappa shape index (κ3) is 2.96. The first-order valence-corrected chi connectivity index (χ1v) is 7.73. The molecule has 23 heavy (non-hydrogen) atoms. The number of benzene rings is 1. The zero-order chi connectivity index (χ0) is 17.0. The molecule has 3 nitrogen and oxygen atoms in total. The molecular formula is C17H20F3NO2. The summed E-state index contributed by atoms with van der Waals surface area (Å²) in [6, 6.07) is 4.76. The quantitative estimate of drug-likeness (QED) is 0.927. The van der Waals surface area contributed by atoms with Gasteiger partial charge in [-0.3, -0.25) is 4.79 Å². The van der Waals surface area contributed by atoms with Crippen molar-refractivity contribution in [3.05, 3.63) is 35.4 Å². The zero-order valence-electron chi connectivity index (χ0n) is 13.1. The molecule has 0 unspecified atom stereocenters.